The van der Waals surface area contributed by atoms with Gasteiger partial charge in [-0.25, -0.2) is 4.39 Å². The molecule has 2 atom stereocenters. The highest BCUT2D eigenvalue weighted by molar-refractivity contribution is 5.93. The first-order chi connectivity index (χ1) is 16.4. The minimum atomic E-state index is -0.243. The molecular weight excluding hydrogens is 431 g/mol. The van der Waals surface area contributed by atoms with Crippen LogP contribution in [0.3, 0.4) is 0 Å². The van der Waals surface area contributed by atoms with Gasteiger partial charge in [-0.05, 0) is 54.7 Å². The third-order valence-electron chi connectivity index (χ3n) is 6.36. The molecule has 4 rings (SSSR count). The number of likely N-dealkylation sites (tertiary alicyclic amines) is 1. The fourth-order valence-electron chi connectivity index (χ4n) is 4.73. The summed E-state index contributed by atoms with van der Waals surface area (Å²) in [5, 5.41) is 3.05. The van der Waals surface area contributed by atoms with Crippen molar-refractivity contribution in [3.8, 4) is 11.5 Å². The zero-order valence-corrected chi connectivity index (χ0v) is 19.9. The summed E-state index contributed by atoms with van der Waals surface area (Å²) in [5.74, 6) is 0.902. The number of nitrogens with one attached hydrogen (secondary N) is 1. The molecule has 3 aromatic carbocycles. The molecule has 1 fully saturated rings. The van der Waals surface area contributed by atoms with Crippen LogP contribution in [0.4, 0.5) is 10.1 Å². The Hall–Kier alpha value is -3.38. The lowest BCUT2D eigenvalue weighted by Crippen LogP contribution is -2.43. The van der Waals surface area contributed by atoms with Gasteiger partial charge in [0.15, 0.2) is 11.5 Å². The molecule has 34 heavy (non-hydrogen) atoms. The van der Waals surface area contributed by atoms with Gasteiger partial charge in [-0.3, -0.25) is 9.69 Å². The lowest BCUT2D eigenvalue weighted by Gasteiger charge is -2.37. The van der Waals surface area contributed by atoms with E-state index in [0.717, 1.165) is 18.5 Å². The number of carbonyl (C=O) groups excluding carboxylic acids is 1. The van der Waals surface area contributed by atoms with Gasteiger partial charge in [0.05, 0.1) is 20.1 Å². The maximum atomic E-state index is 13.8. The van der Waals surface area contributed by atoms with E-state index in [1.807, 2.05) is 12.1 Å². The van der Waals surface area contributed by atoms with Crippen LogP contribution >= 0.6 is 0 Å². The van der Waals surface area contributed by atoms with Gasteiger partial charge in [-0.15, -0.1) is 0 Å². The molecule has 0 radical (unpaired) electrons. The molecule has 0 bridgehead atoms. The number of methoxy groups -OCH3 is 2. The molecule has 5 nitrogen and oxygen atoms in total. The van der Waals surface area contributed by atoms with E-state index in [1.54, 1.807) is 38.5 Å². The van der Waals surface area contributed by atoms with Crippen molar-refractivity contribution in [1.82, 2.24) is 4.90 Å². The third kappa shape index (κ3) is 5.75. The van der Waals surface area contributed by atoms with Crippen LogP contribution in [0.5, 0.6) is 11.5 Å². The summed E-state index contributed by atoms with van der Waals surface area (Å²) in [7, 11) is 3.15. The predicted molar refractivity (Wildman–Crippen MR) is 132 cm³/mol. The quantitative estimate of drug-likeness (QED) is 0.511. The SMILES string of the molecule is COc1ccc(NC(=O)[C@@H]2C[C@H](c3cccc(C)c3)CN(Cc3cccc(F)c3)C2)cc1OC. The number of nitrogens with zero attached hydrogens (tertiary/aromatic N) is 1. The number of carbonyl (C=O) groups is 1. The maximum absolute atomic E-state index is 13.8. The topological polar surface area (TPSA) is 50.8 Å². The smallest absolute Gasteiger partial charge is 0.228 e. The number of amides is 1. The zero-order chi connectivity index (χ0) is 24.1. The Morgan fingerprint density at radius 3 is 2.53 bits per heavy atom. The van der Waals surface area contributed by atoms with E-state index in [4.69, 9.17) is 9.47 Å². The van der Waals surface area contributed by atoms with Gasteiger partial charge in [0.2, 0.25) is 5.91 Å². The van der Waals surface area contributed by atoms with E-state index in [-0.39, 0.29) is 23.6 Å². The van der Waals surface area contributed by atoms with Crippen molar-refractivity contribution in [2.24, 2.45) is 5.92 Å². The van der Waals surface area contributed by atoms with Crippen LogP contribution in [-0.4, -0.2) is 38.1 Å². The average molecular weight is 463 g/mol. The summed E-state index contributed by atoms with van der Waals surface area (Å²) >= 11 is 0. The molecule has 0 aliphatic carbocycles. The number of hydrogen-bond donors (Lipinski definition) is 1. The number of rotatable bonds is 7. The Balaban J connectivity index is 1.55. The van der Waals surface area contributed by atoms with E-state index in [0.29, 0.717) is 30.3 Å². The highest BCUT2D eigenvalue weighted by atomic mass is 19.1. The van der Waals surface area contributed by atoms with Crippen LogP contribution in [-0.2, 0) is 11.3 Å². The summed E-state index contributed by atoms with van der Waals surface area (Å²) in [6.07, 6.45) is 0.752. The largest absolute Gasteiger partial charge is 0.493 e. The number of aryl methyl sites for hydroxylation is 1. The molecule has 1 aliphatic rings. The van der Waals surface area contributed by atoms with Crippen molar-refractivity contribution in [2.45, 2.75) is 25.8 Å². The molecule has 1 aliphatic heterocycles. The second kappa shape index (κ2) is 10.7. The van der Waals surface area contributed by atoms with Crippen molar-refractivity contribution in [3.05, 3.63) is 89.2 Å². The van der Waals surface area contributed by atoms with Crippen molar-refractivity contribution in [3.63, 3.8) is 0 Å². The highest BCUT2D eigenvalue weighted by Gasteiger charge is 2.32. The number of piperidine rings is 1. The first-order valence-corrected chi connectivity index (χ1v) is 11.5. The van der Waals surface area contributed by atoms with Gasteiger partial charge in [-0.1, -0.05) is 42.0 Å². The fraction of sp³-hybridized carbons (Fsp3) is 0.321. The lowest BCUT2D eigenvalue weighted by molar-refractivity contribution is -0.121. The minimum absolute atomic E-state index is 0.0335. The first-order valence-electron chi connectivity index (χ1n) is 11.5. The van der Waals surface area contributed by atoms with Crippen molar-refractivity contribution in [2.75, 3.05) is 32.6 Å². The van der Waals surface area contributed by atoms with Gasteiger partial charge < -0.3 is 14.8 Å². The van der Waals surface area contributed by atoms with E-state index in [2.05, 4.69) is 41.4 Å². The van der Waals surface area contributed by atoms with E-state index >= 15 is 0 Å². The molecule has 6 heteroatoms. The number of hydrogen-bond acceptors (Lipinski definition) is 4. The number of benzene rings is 3. The lowest BCUT2D eigenvalue weighted by atomic mass is 9.83. The van der Waals surface area contributed by atoms with Gasteiger partial charge in [0, 0.05) is 31.4 Å². The van der Waals surface area contributed by atoms with Gasteiger partial charge in [0.1, 0.15) is 5.82 Å². The van der Waals surface area contributed by atoms with Gasteiger partial charge in [-0.2, -0.15) is 0 Å². The molecular formula is C28H31FN2O3. The van der Waals surface area contributed by atoms with Crippen LogP contribution in [0.2, 0.25) is 0 Å². The molecule has 0 saturated carbocycles. The van der Waals surface area contributed by atoms with Crippen molar-refractivity contribution in [1.29, 1.82) is 0 Å². The number of anilines is 1. The molecule has 1 saturated heterocycles. The van der Waals surface area contributed by atoms with Gasteiger partial charge >= 0.3 is 0 Å². The second-order valence-electron chi connectivity index (χ2n) is 8.93. The maximum Gasteiger partial charge on any atom is 0.228 e. The number of halogens is 1. The number of ether oxygens (including phenoxy) is 2. The van der Waals surface area contributed by atoms with Crippen LogP contribution < -0.4 is 14.8 Å². The van der Waals surface area contributed by atoms with Crippen LogP contribution in [0.15, 0.2) is 66.7 Å². The normalized spacial score (nSPS) is 18.4. The standard InChI is InChI=1S/C28H31FN2O3/c1-19-6-4-8-21(12-19)22-14-23(18-31(17-22)16-20-7-5-9-24(29)13-20)28(32)30-25-10-11-26(33-2)27(15-25)34-3/h4-13,15,22-23H,14,16-18H2,1-3H3,(H,30,32)/t22-,23+/m0/s1. The molecule has 0 unspecified atom stereocenters. The van der Waals surface area contributed by atoms with E-state index < -0.39 is 0 Å². The molecule has 3 aromatic rings. The fourth-order valence-corrected chi connectivity index (χ4v) is 4.73. The van der Waals surface area contributed by atoms with Crippen molar-refractivity contribution >= 4 is 11.6 Å². The van der Waals surface area contributed by atoms with Crippen molar-refractivity contribution < 1.29 is 18.7 Å². The van der Waals surface area contributed by atoms with E-state index in [1.165, 1.54) is 17.2 Å². The second-order valence-corrected chi connectivity index (χ2v) is 8.93. The summed E-state index contributed by atoms with van der Waals surface area (Å²) in [4.78, 5) is 15.6. The molecule has 0 spiro atoms. The summed E-state index contributed by atoms with van der Waals surface area (Å²) in [5.41, 5.74) is 4.00. The monoisotopic (exact) mass is 462 g/mol. The highest BCUT2D eigenvalue weighted by Crippen LogP contribution is 2.34. The minimum Gasteiger partial charge on any atom is -0.493 e. The molecule has 1 amide bonds. The Morgan fingerprint density at radius 1 is 1.00 bits per heavy atom. The molecule has 1 heterocycles. The Kier molecular flexibility index (Phi) is 7.48. The third-order valence-corrected chi connectivity index (χ3v) is 6.36. The van der Waals surface area contributed by atoms with Gasteiger partial charge in [0.25, 0.3) is 0 Å². The van der Waals surface area contributed by atoms with Crippen LogP contribution in [0.25, 0.3) is 0 Å². The summed E-state index contributed by atoms with van der Waals surface area (Å²) in [6, 6.07) is 20.5. The Bertz CT molecular complexity index is 1150. The zero-order valence-electron chi connectivity index (χ0n) is 19.9. The first kappa shape index (κ1) is 23.8. The Morgan fingerprint density at radius 2 is 1.79 bits per heavy atom. The predicted octanol–water partition coefficient (Wildman–Crippen LogP) is 5.40. The van der Waals surface area contributed by atoms with E-state index in [9.17, 15) is 9.18 Å². The summed E-state index contributed by atoms with van der Waals surface area (Å²) in [6.45, 7) is 4.11. The molecule has 1 N–H and O–H groups in total. The average Bonchev–Trinajstić information content (AvgIpc) is 2.83. The van der Waals surface area contributed by atoms with Crippen LogP contribution in [0.1, 0.15) is 29.0 Å². The Labute approximate surface area is 200 Å². The van der Waals surface area contributed by atoms with Crippen LogP contribution in [0, 0.1) is 18.7 Å². The molecule has 178 valence electrons. The summed E-state index contributed by atoms with van der Waals surface area (Å²) < 4.78 is 24.4. The molecule has 0 aromatic heterocycles.